The number of methoxy groups -OCH3 is 1. The van der Waals surface area contributed by atoms with Crippen LogP contribution in [0.4, 0.5) is 0 Å². The summed E-state index contributed by atoms with van der Waals surface area (Å²) in [6.07, 6.45) is -0.167. The summed E-state index contributed by atoms with van der Waals surface area (Å²) in [5, 5.41) is 9.34. The monoisotopic (exact) mass is 218 g/mol. The van der Waals surface area contributed by atoms with Crippen molar-refractivity contribution >= 4 is 0 Å². The van der Waals surface area contributed by atoms with E-state index in [2.05, 4.69) is 0 Å². The molecule has 0 radical (unpaired) electrons. The molecule has 90 valence electrons. The Bertz CT molecular complexity index is 169. The van der Waals surface area contributed by atoms with Gasteiger partial charge in [0, 0.05) is 19.6 Å². The van der Waals surface area contributed by atoms with Gasteiger partial charge in [-0.3, -0.25) is 0 Å². The van der Waals surface area contributed by atoms with E-state index in [1.807, 2.05) is 20.8 Å². The second-order valence-electron chi connectivity index (χ2n) is 4.01. The van der Waals surface area contributed by atoms with Crippen LogP contribution in [-0.2, 0) is 14.2 Å². The minimum Gasteiger partial charge on any atom is -0.396 e. The molecule has 0 amide bonds. The lowest BCUT2D eigenvalue weighted by molar-refractivity contribution is -0.218. The third-order valence-electron chi connectivity index (χ3n) is 3.08. The normalized spacial score (nSPS) is 41.8. The van der Waals surface area contributed by atoms with E-state index in [9.17, 15) is 5.11 Å². The quantitative estimate of drug-likeness (QED) is 0.759. The van der Waals surface area contributed by atoms with Gasteiger partial charge in [0.15, 0.2) is 0 Å². The first-order valence-electron chi connectivity index (χ1n) is 5.56. The average Bonchev–Trinajstić information content (AvgIpc) is 2.18. The van der Waals surface area contributed by atoms with Gasteiger partial charge in [-0.05, 0) is 20.8 Å². The van der Waals surface area contributed by atoms with Gasteiger partial charge < -0.3 is 19.3 Å². The molecule has 1 aliphatic heterocycles. The third kappa shape index (κ3) is 2.69. The Morgan fingerprint density at radius 1 is 1.20 bits per heavy atom. The van der Waals surface area contributed by atoms with Crippen molar-refractivity contribution in [2.75, 3.05) is 20.3 Å². The Morgan fingerprint density at radius 2 is 1.87 bits per heavy atom. The fourth-order valence-electron chi connectivity index (χ4n) is 2.28. The summed E-state index contributed by atoms with van der Waals surface area (Å²) < 4.78 is 16.8. The summed E-state index contributed by atoms with van der Waals surface area (Å²) in [6, 6.07) is 0. The van der Waals surface area contributed by atoms with Crippen molar-refractivity contribution in [2.45, 2.75) is 45.2 Å². The molecule has 0 aromatic carbocycles. The minimum absolute atomic E-state index is 0.00403. The highest BCUT2D eigenvalue weighted by molar-refractivity contribution is 4.90. The highest BCUT2D eigenvalue weighted by Crippen LogP contribution is 2.29. The highest BCUT2D eigenvalue weighted by atomic mass is 16.6. The van der Waals surface area contributed by atoms with Crippen molar-refractivity contribution in [1.82, 2.24) is 0 Å². The highest BCUT2D eigenvalue weighted by Gasteiger charge is 2.42. The Balaban J connectivity index is 2.77. The summed E-state index contributed by atoms with van der Waals surface area (Å²) in [7, 11) is 1.65. The predicted octanol–water partition coefficient (Wildman–Crippen LogP) is 0.822. The summed E-state index contributed by atoms with van der Waals surface area (Å²) in [4.78, 5) is 0. The van der Waals surface area contributed by atoms with Crippen LogP contribution in [0.1, 0.15) is 20.8 Å². The molecule has 1 fully saturated rings. The SMILES string of the molecule is CCO[C@H]1[C@@H](CO)[C@H](C)O[C@@H](C)[C@@H]1OC. The Labute approximate surface area is 91.5 Å². The zero-order valence-electron chi connectivity index (χ0n) is 9.97. The van der Waals surface area contributed by atoms with Gasteiger partial charge in [-0.15, -0.1) is 0 Å². The lowest BCUT2D eigenvalue weighted by Gasteiger charge is -2.43. The van der Waals surface area contributed by atoms with Crippen molar-refractivity contribution in [3.8, 4) is 0 Å². The van der Waals surface area contributed by atoms with E-state index in [0.717, 1.165) is 0 Å². The van der Waals surface area contributed by atoms with E-state index in [1.165, 1.54) is 0 Å². The largest absolute Gasteiger partial charge is 0.396 e. The van der Waals surface area contributed by atoms with Gasteiger partial charge in [-0.25, -0.2) is 0 Å². The average molecular weight is 218 g/mol. The first-order valence-corrected chi connectivity index (χ1v) is 5.56. The number of hydrogen-bond acceptors (Lipinski definition) is 4. The van der Waals surface area contributed by atoms with Crippen molar-refractivity contribution in [1.29, 1.82) is 0 Å². The molecule has 1 heterocycles. The van der Waals surface area contributed by atoms with E-state index in [1.54, 1.807) is 7.11 Å². The standard InChI is InChI=1S/C11H22O4/c1-5-14-11-9(6-12)7(2)15-8(3)10(11)13-4/h7-12H,5-6H2,1-4H3/t7-,8-,9-,10-,11-/m0/s1. The molecule has 1 N–H and O–H groups in total. The maximum Gasteiger partial charge on any atom is 0.110 e. The van der Waals surface area contributed by atoms with E-state index in [4.69, 9.17) is 14.2 Å². The Hall–Kier alpha value is -0.160. The minimum atomic E-state index is -0.0988. The molecule has 0 saturated carbocycles. The molecule has 4 nitrogen and oxygen atoms in total. The molecule has 0 aromatic rings. The zero-order valence-corrected chi connectivity index (χ0v) is 9.97. The lowest BCUT2D eigenvalue weighted by Crippen LogP contribution is -2.55. The van der Waals surface area contributed by atoms with Crippen LogP contribution in [0, 0.1) is 5.92 Å². The molecule has 15 heavy (non-hydrogen) atoms. The van der Waals surface area contributed by atoms with Gasteiger partial charge >= 0.3 is 0 Å². The fourth-order valence-corrected chi connectivity index (χ4v) is 2.28. The van der Waals surface area contributed by atoms with Crippen LogP contribution < -0.4 is 0 Å². The van der Waals surface area contributed by atoms with Crippen LogP contribution in [0.15, 0.2) is 0 Å². The summed E-state index contributed by atoms with van der Waals surface area (Å²) in [6.45, 7) is 6.59. The predicted molar refractivity (Wildman–Crippen MR) is 56.8 cm³/mol. The first-order chi connectivity index (χ1) is 7.15. The maximum atomic E-state index is 9.34. The second kappa shape index (κ2) is 5.80. The number of ether oxygens (including phenoxy) is 3. The van der Waals surface area contributed by atoms with Gasteiger partial charge in [-0.2, -0.15) is 0 Å². The molecule has 1 saturated heterocycles. The van der Waals surface area contributed by atoms with E-state index < -0.39 is 0 Å². The van der Waals surface area contributed by atoms with Crippen molar-refractivity contribution in [3.05, 3.63) is 0 Å². The van der Waals surface area contributed by atoms with Gasteiger partial charge in [0.2, 0.25) is 0 Å². The molecule has 0 aliphatic carbocycles. The van der Waals surface area contributed by atoms with Crippen LogP contribution in [0.25, 0.3) is 0 Å². The third-order valence-corrected chi connectivity index (χ3v) is 3.08. The molecule has 4 heteroatoms. The van der Waals surface area contributed by atoms with Crippen LogP contribution in [0.5, 0.6) is 0 Å². The van der Waals surface area contributed by atoms with Crippen LogP contribution in [0.2, 0.25) is 0 Å². The van der Waals surface area contributed by atoms with Crippen LogP contribution in [-0.4, -0.2) is 49.8 Å². The van der Waals surface area contributed by atoms with E-state index in [-0.39, 0.29) is 36.9 Å². The van der Waals surface area contributed by atoms with Crippen molar-refractivity contribution < 1.29 is 19.3 Å². The number of rotatable bonds is 4. The van der Waals surface area contributed by atoms with E-state index in [0.29, 0.717) is 6.61 Å². The Kier molecular flexibility index (Phi) is 4.99. The molecule has 1 aliphatic rings. The molecule has 0 aromatic heterocycles. The van der Waals surface area contributed by atoms with Gasteiger partial charge in [-0.1, -0.05) is 0 Å². The second-order valence-corrected chi connectivity index (χ2v) is 4.01. The molecule has 0 unspecified atom stereocenters. The van der Waals surface area contributed by atoms with Gasteiger partial charge in [0.25, 0.3) is 0 Å². The van der Waals surface area contributed by atoms with Crippen molar-refractivity contribution in [3.63, 3.8) is 0 Å². The smallest absolute Gasteiger partial charge is 0.110 e. The lowest BCUT2D eigenvalue weighted by atomic mass is 9.88. The van der Waals surface area contributed by atoms with Crippen molar-refractivity contribution in [2.24, 2.45) is 5.92 Å². The molecular formula is C11H22O4. The van der Waals surface area contributed by atoms with Gasteiger partial charge in [0.1, 0.15) is 6.10 Å². The van der Waals surface area contributed by atoms with Crippen LogP contribution in [0.3, 0.4) is 0 Å². The molecule has 0 bridgehead atoms. The maximum absolute atomic E-state index is 9.34. The zero-order chi connectivity index (χ0) is 11.4. The summed E-state index contributed by atoms with van der Waals surface area (Å²) in [5.41, 5.74) is 0. The summed E-state index contributed by atoms with van der Waals surface area (Å²) in [5.74, 6) is -0.00824. The molecule has 5 atom stereocenters. The topological polar surface area (TPSA) is 47.9 Å². The number of hydrogen-bond donors (Lipinski definition) is 1. The molecule has 1 rings (SSSR count). The van der Waals surface area contributed by atoms with Crippen LogP contribution >= 0.6 is 0 Å². The fraction of sp³-hybridized carbons (Fsp3) is 1.00. The number of aliphatic hydroxyl groups is 1. The summed E-state index contributed by atoms with van der Waals surface area (Å²) >= 11 is 0. The molecular weight excluding hydrogens is 196 g/mol. The Morgan fingerprint density at radius 3 is 2.33 bits per heavy atom. The molecule has 0 spiro atoms. The number of aliphatic hydroxyl groups excluding tert-OH is 1. The van der Waals surface area contributed by atoms with Gasteiger partial charge in [0.05, 0.1) is 24.9 Å². The van der Waals surface area contributed by atoms with E-state index >= 15 is 0 Å². The first kappa shape index (κ1) is 12.9.